The lowest BCUT2D eigenvalue weighted by Gasteiger charge is -2.10. The lowest BCUT2D eigenvalue weighted by atomic mass is 10.2. The number of benzene rings is 1. The highest BCUT2D eigenvalue weighted by atomic mass is 35.5. The van der Waals surface area contributed by atoms with E-state index in [0.29, 0.717) is 28.1 Å². The predicted molar refractivity (Wildman–Crippen MR) is 107 cm³/mol. The van der Waals surface area contributed by atoms with Crippen LogP contribution < -0.4 is 5.32 Å². The van der Waals surface area contributed by atoms with Crippen molar-refractivity contribution in [1.82, 2.24) is 19.9 Å². The smallest absolute Gasteiger partial charge is 0.183 e. The fraction of sp³-hybridized carbons (Fsp3) is 0.111. The second-order valence-electron chi connectivity index (χ2n) is 5.69. The van der Waals surface area contributed by atoms with E-state index in [2.05, 4.69) is 37.6 Å². The zero-order valence-electron chi connectivity index (χ0n) is 13.7. The van der Waals surface area contributed by atoms with Gasteiger partial charge in [0.1, 0.15) is 16.3 Å². The maximum atomic E-state index is 6.10. The highest BCUT2D eigenvalue weighted by molar-refractivity contribution is 7.17. The van der Waals surface area contributed by atoms with Gasteiger partial charge in [-0.15, -0.1) is 11.3 Å². The van der Waals surface area contributed by atoms with Crippen LogP contribution in [0.5, 0.6) is 0 Å². The summed E-state index contributed by atoms with van der Waals surface area (Å²) >= 11 is 13.7. The number of rotatable bonds is 4. The number of thiophene rings is 1. The van der Waals surface area contributed by atoms with Crippen molar-refractivity contribution in [3.63, 3.8) is 0 Å². The summed E-state index contributed by atoms with van der Waals surface area (Å²) in [5, 5.41) is 7.56. The van der Waals surface area contributed by atoms with Crippen LogP contribution in [-0.4, -0.2) is 19.9 Å². The Bertz CT molecular complexity index is 1080. The van der Waals surface area contributed by atoms with E-state index in [1.165, 1.54) is 0 Å². The molecule has 0 atom stereocenters. The molecule has 130 valence electrons. The maximum Gasteiger partial charge on any atom is 0.183 e. The Kier molecular flexibility index (Phi) is 4.72. The summed E-state index contributed by atoms with van der Waals surface area (Å²) in [6.07, 6.45) is 4.91. The number of fused-ring (bicyclic) bond motifs is 1. The van der Waals surface area contributed by atoms with E-state index in [1.54, 1.807) is 36.0 Å². The van der Waals surface area contributed by atoms with Crippen LogP contribution >= 0.6 is 34.5 Å². The van der Waals surface area contributed by atoms with Gasteiger partial charge in [-0.05, 0) is 35.6 Å². The third kappa shape index (κ3) is 3.35. The average Bonchev–Trinajstić information content (AvgIpc) is 3.04. The summed E-state index contributed by atoms with van der Waals surface area (Å²) in [6.45, 7) is 2.62. The first-order valence-corrected chi connectivity index (χ1v) is 9.45. The highest BCUT2D eigenvalue weighted by Crippen LogP contribution is 2.32. The van der Waals surface area contributed by atoms with Crippen LogP contribution in [0.4, 0.5) is 5.82 Å². The molecule has 4 rings (SSSR count). The van der Waals surface area contributed by atoms with E-state index in [9.17, 15) is 0 Å². The molecule has 0 unspecified atom stereocenters. The van der Waals surface area contributed by atoms with Gasteiger partial charge in [0.2, 0.25) is 0 Å². The first-order valence-electron chi connectivity index (χ1n) is 7.82. The standard InChI is InChI=1S/C18H13Cl2N5S/c1-10-9-26-18-15(10)17(23-7-11-2-3-12(19)13(20)6-11)24-16(25-18)14-8-21-4-5-22-14/h2-6,8-9H,7H2,1H3,(H,23,24,25). The Labute approximate surface area is 164 Å². The van der Waals surface area contributed by atoms with Gasteiger partial charge in [-0.25, -0.2) is 15.0 Å². The Morgan fingerprint density at radius 3 is 2.77 bits per heavy atom. The number of nitrogens with zero attached hydrogens (tertiary/aromatic N) is 4. The summed E-state index contributed by atoms with van der Waals surface area (Å²) in [6, 6.07) is 5.57. The first-order chi connectivity index (χ1) is 12.6. The molecule has 0 aliphatic carbocycles. The van der Waals surface area contributed by atoms with E-state index in [4.69, 9.17) is 23.2 Å². The highest BCUT2D eigenvalue weighted by Gasteiger charge is 2.14. The molecule has 3 heterocycles. The van der Waals surface area contributed by atoms with Crippen LogP contribution in [-0.2, 0) is 6.54 Å². The summed E-state index contributed by atoms with van der Waals surface area (Å²) in [5.74, 6) is 1.31. The largest absolute Gasteiger partial charge is 0.365 e. The quantitative estimate of drug-likeness (QED) is 0.497. The van der Waals surface area contributed by atoms with E-state index in [1.807, 2.05) is 12.1 Å². The summed E-state index contributed by atoms with van der Waals surface area (Å²) in [7, 11) is 0. The third-order valence-electron chi connectivity index (χ3n) is 3.85. The number of hydrogen-bond donors (Lipinski definition) is 1. The van der Waals surface area contributed by atoms with Crippen molar-refractivity contribution in [3.8, 4) is 11.5 Å². The fourth-order valence-corrected chi connectivity index (χ4v) is 3.82. The van der Waals surface area contributed by atoms with Crippen LogP contribution in [0.15, 0.2) is 42.2 Å². The molecule has 1 N–H and O–H groups in total. The van der Waals surface area contributed by atoms with E-state index < -0.39 is 0 Å². The normalized spacial score (nSPS) is 11.0. The minimum absolute atomic E-state index is 0.533. The minimum atomic E-state index is 0.533. The Balaban J connectivity index is 1.72. The summed E-state index contributed by atoms with van der Waals surface area (Å²) in [4.78, 5) is 18.6. The van der Waals surface area contributed by atoms with E-state index >= 15 is 0 Å². The van der Waals surface area contributed by atoms with E-state index in [-0.39, 0.29) is 0 Å². The van der Waals surface area contributed by atoms with Gasteiger partial charge in [-0.2, -0.15) is 0 Å². The van der Waals surface area contributed by atoms with Crippen LogP contribution in [0.1, 0.15) is 11.1 Å². The molecule has 0 radical (unpaired) electrons. The Morgan fingerprint density at radius 1 is 1.12 bits per heavy atom. The number of aromatic nitrogens is 4. The van der Waals surface area contributed by atoms with Gasteiger partial charge in [-0.1, -0.05) is 29.3 Å². The average molecular weight is 402 g/mol. The van der Waals surface area contributed by atoms with Crippen LogP contribution in [0.2, 0.25) is 10.0 Å². The molecule has 0 amide bonds. The molecule has 0 fully saturated rings. The van der Waals surface area contributed by atoms with Crippen molar-refractivity contribution < 1.29 is 0 Å². The fourth-order valence-electron chi connectivity index (χ4n) is 2.58. The van der Waals surface area contributed by atoms with Crippen LogP contribution in [0, 0.1) is 6.92 Å². The number of nitrogens with one attached hydrogen (secondary N) is 1. The summed E-state index contributed by atoms with van der Waals surface area (Å²) < 4.78 is 0. The molecule has 8 heteroatoms. The molecule has 5 nitrogen and oxygen atoms in total. The molecular weight excluding hydrogens is 389 g/mol. The van der Waals surface area contributed by atoms with Crippen LogP contribution in [0.3, 0.4) is 0 Å². The molecule has 0 bridgehead atoms. The van der Waals surface area contributed by atoms with Gasteiger partial charge in [0.05, 0.1) is 21.6 Å². The molecular formula is C18H13Cl2N5S. The van der Waals surface area contributed by atoms with Gasteiger partial charge >= 0.3 is 0 Å². The van der Waals surface area contributed by atoms with Gasteiger partial charge in [0.25, 0.3) is 0 Å². The van der Waals surface area contributed by atoms with Crippen molar-refractivity contribution in [2.24, 2.45) is 0 Å². The molecule has 3 aromatic heterocycles. The number of halogens is 2. The topological polar surface area (TPSA) is 63.6 Å². The van der Waals surface area contributed by atoms with Gasteiger partial charge < -0.3 is 5.32 Å². The minimum Gasteiger partial charge on any atom is -0.365 e. The van der Waals surface area contributed by atoms with Gasteiger partial charge in [0, 0.05) is 18.9 Å². The van der Waals surface area contributed by atoms with Crippen LogP contribution in [0.25, 0.3) is 21.7 Å². The molecule has 26 heavy (non-hydrogen) atoms. The van der Waals surface area contributed by atoms with E-state index in [0.717, 1.165) is 27.2 Å². The predicted octanol–water partition coefficient (Wildman–Crippen LogP) is 5.38. The molecule has 0 saturated carbocycles. The second-order valence-corrected chi connectivity index (χ2v) is 7.36. The molecule has 0 saturated heterocycles. The Morgan fingerprint density at radius 2 is 2.00 bits per heavy atom. The zero-order chi connectivity index (χ0) is 18.1. The zero-order valence-corrected chi connectivity index (χ0v) is 16.0. The van der Waals surface area contributed by atoms with Crippen molar-refractivity contribution in [3.05, 3.63) is 63.3 Å². The molecule has 1 aromatic carbocycles. The Hall–Kier alpha value is -2.28. The van der Waals surface area contributed by atoms with Crippen molar-refractivity contribution in [2.75, 3.05) is 5.32 Å². The first kappa shape index (κ1) is 17.1. The molecule has 4 aromatic rings. The number of anilines is 1. The number of aryl methyl sites for hydroxylation is 1. The summed E-state index contributed by atoms with van der Waals surface area (Å²) in [5.41, 5.74) is 2.78. The third-order valence-corrected chi connectivity index (χ3v) is 5.58. The second kappa shape index (κ2) is 7.15. The lowest BCUT2D eigenvalue weighted by Crippen LogP contribution is -2.04. The lowest BCUT2D eigenvalue weighted by molar-refractivity contribution is 1.09. The number of hydrogen-bond acceptors (Lipinski definition) is 6. The van der Waals surface area contributed by atoms with Crippen molar-refractivity contribution in [2.45, 2.75) is 13.5 Å². The van der Waals surface area contributed by atoms with Gasteiger partial charge in [-0.3, -0.25) is 4.98 Å². The molecule has 0 aliphatic heterocycles. The molecule has 0 aliphatic rings. The maximum absolute atomic E-state index is 6.10. The molecule has 0 spiro atoms. The van der Waals surface area contributed by atoms with Gasteiger partial charge in [0.15, 0.2) is 5.82 Å². The monoisotopic (exact) mass is 401 g/mol. The van der Waals surface area contributed by atoms with Crippen molar-refractivity contribution >= 4 is 50.6 Å². The SMILES string of the molecule is Cc1csc2nc(-c3cnccn3)nc(NCc3ccc(Cl)c(Cl)c3)c12. The van der Waals surface area contributed by atoms with Crippen molar-refractivity contribution in [1.29, 1.82) is 0 Å².